The van der Waals surface area contributed by atoms with Crippen molar-refractivity contribution in [2.24, 2.45) is 5.92 Å². The fourth-order valence-corrected chi connectivity index (χ4v) is 2.93. The topological polar surface area (TPSA) is 58.4 Å². The number of aliphatic hydroxyl groups is 1. The van der Waals surface area contributed by atoms with Crippen LogP contribution >= 0.6 is 0 Å². The number of aliphatic hydroxyl groups excluding tert-OH is 1. The number of amides is 1. The van der Waals surface area contributed by atoms with E-state index in [0.29, 0.717) is 12.1 Å². The maximum absolute atomic E-state index is 12.6. The fraction of sp³-hybridized carbons (Fsp3) is 0.412. The number of hydrogen-bond acceptors (Lipinski definition) is 3. The SMILES string of the molecule is CC(O)C1CCCN(C(=O)c2cnn(-c3ccccc3)c2)C1. The fourth-order valence-electron chi connectivity index (χ4n) is 2.93. The minimum Gasteiger partial charge on any atom is -0.393 e. The Kier molecular flexibility index (Phi) is 4.24. The molecule has 1 fully saturated rings. The Bertz CT molecular complexity index is 636. The van der Waals surface area contributed by atoms with E-state index in [2.05, 4.69) is 5.10 Å². The Balaban J connectivity index is 1.74. The Hall–Kier alpha value is -2.14. The molecule has 2 heterocycles. The first kappa shape index (κ1) is 14.8. The molecule has 1 aromatic carbocycles. The summed E-state index contributed by atoms with van der Waals surface area (Å²) in [6, 6.07) is 9.73. The highest BCUT2D eigenvalue weighted by Gasteiger charge is 2.27. The summed E-state index contributed by atoms with van der Waals surface area (Å²) in [5.74, 6) is 0.161. The van der Waals surface area contributed by atoms with Gasteiger partial charge in [0.1, 0.15) is 0 Å². The first-order chi connectivity index (χ1) is 10.6. The predicted octanol–water partition coefficient (Wildman–Crippen LogP) is 2.11. The maximum Gasteiger partial charge on any atom is 0.257 e. The van der Waals surface area contributed by atoms with Gasteiger partial charge in [0.15, 0.2) is 0 Å². The number of carbonyl (C=O) groups is 1. The van der Waals surface area contributed by atoms with Crippen LogP contribution in [0, 0.1) is 5.92 Å². The van der Waals surface area contributed by atoms with E-state index in [4.69, 9.17) is 0 Å². The van der Waals surface area contributed by atoms with Gasteiger partial charge < -0.3 is 10.0 Å². The lowest BCUT2D eigenvalue weighted by molar-refractivity contribution is 0.0466. The summed E-state index contributed by atoms with van der Waals surface area (Å²) < 4.78 is 1.71. The molecule has 1 aliphatic heterocycles. The van der Waals surface area contributed by atoms with Crippen LogP contribution in [0.4, 0.5) is 0 Å². The number of likely N-dealkylation sites (tertiary alicyclic amines) is 1. The van der Waals surface area contributed by atoms with Gasteiger partial charge in [-0.05, 0) is 31.9 Å². The summed E-state index contributed by atoms with van der Waals surface area (Å²) in [5.41, 5.74) is 1.53. The zero-order chi connectivity index (χ0) is 15.5. The monoisotopic (exact) mass is 299 g/mol. The Morgan fingerprint density at radius 2 is 2.14 bits per heavy atom. The minimum atomic E-state index is -0.373. The molecule has 0 bridgehead atoms. The number of aromatic nitrogens is 2. The van der Waals surface area contributed by atoms with Gasteiger partial charge in [0.05, 0.1) is 23.6 Å². The summed E-state index contributed by atoms with van der Waals surface area (Å²) in [4.78, 5) is 14.4. The Morgan fingerprint density at radius 1 is 1.36 bits per heavy atom. The van der Waals surface area contributed by atoms with Crippen LogP contribution in [0.2, 0.25) is 0 Å². The molecule has 0 radical (unpaired) electrons. The van der Waals surface area contributed by atoms with Crippen molar-refractivity contribution in [2.75, 3.05) is 13.1 Å². The van der Waals surface area contributed by atoms with Crippen molar-refractivity contribution in [3.05, 3.63) is 48.3 Å². The van der Waals surface area contributed by atoms with Crippen molar-refractivity contribution in [2.45, 2.75) is 25.9 Å². The standard InChI is InChI=1S/C17H21N3O2/c1-13(21)14-6-5-9-19(11-14)17(22)15-10-18-20(12-15)16-7-3-2-4-8-16/h2-4,7-8,10,12-14,21H,5-6,9,11H2,1H3. The number of piperidine rings is 1. The lowest BCUT2D eigenvalue weighted by Gasteiger charge is -2.33. The summed E-state index contributed by atoms with van der Waals surface area (Å²) in [6.07, 6.45) is 4.92. The average molecular weight is 299 g/mol. The molecule has 116 valence electrons. The van der Waals surface area contributed by atoms with E-state index < -0.39 is 0 Å². The highest BCUT2D eigenvalue weighted by molar-refractivity contribution is 5.93. The van der Waals surface area contributed by atoms with Crippen molar-refractivity contribution in [3.8, 4) is 5.69 Å². The van der Waals surface area contributed by atoms with E-state index in [-0.39, 0.29) is 17.9 Å². The third-order valence-electron chi connectivity index (χ3n) is 4.28. The molecule has 5 heteroatoms. The lowest BCUT2D eigenvalue weighted by Crippen LogP contribution is -2.42. The van der Waals surface area contributed by atoms with Gasteiger partial charge in [0.2, 0.25) is 0 Å². The number of para-hydroxylation sites is 1. The van der Waals surface area contributed by atoms with Crippen molar-refractivity contribution >= 4 is 5.91 Å². The third-order valence-corrected chi connectivity index (χ3v) is 4.28. The second-order valence-electron chi connectivity index (χ2n) is 5.90. The van der Waals surface area contributed by atoms with E-state index in [1.807, 2.05) is 35.2 Å². The Labute approximate surface area is 130 Å². The maximum atomic E-state index is 12.6. The molecular formula is C17H21N3O2. The second kappa shape index (κ2) is 6.32. The van der Waals surface area contributed by atoms with E-state index >= 15 is 0 Å². The van der Waals surface area contributed by atoms with E-state index in [1.54, 1.807) is 24.0 Å². The van der Waals surface area contributed by atoms with Gasteiger partial charge in [-0.1, -0.05) is 18.2 Å². The normalized spacial score (nSPS) is 19.9. The van der Waals surface area contributed by atoms with Gasteiger partial charge >= 0.3 is 0 Å². The molecule has 1 N–H and O–H groups in total. The zero-order valence-corrected chi connectivity index (χ0v) is 12.7. The van der Waals surface area contributed by atoms with Crippen LogP contribution in [-0.4, -0.2) is 44.9 Å². The molecule has 0 aliphatic carbocycles. The Morgan fingerprint density at radius 3 is 2.86 bits per heavy atom. The summed E-state index contributed by atoms with van der Waals surface area (Å²) >= 11 is 0. The molecular weight excluding hydrogens is 278 g/mol. The van der Waals surface area contributed by atoms with Crippen LogP contribution in [0.15, 0.2) is 42.7 Å². The van der Waals surface area contributed by atoms with Crippen LogP contribution in [-0.2, 0) is 0 Å². The highest BCUT2D eigenvalue weighted by atomic mass is 16.3. The molecule has 2 aromatic rings. The smallest absolute Gasteiger partial charge is 0.257 e. The van der Waals surface area contributed by atoms with Gasteiger partial charge in [0.25, 0.3) is 5.91 Å². The average Bonchev–Trinajstić information content (AvgIpc) is 3.05. The van der Waals surface area contributed by atoms with E-state index in [1.165, 1.54) is 0 Å². The van der Waals surface area contributed by atoms with Gasteiger partial charge in [-0.25, -0.2) is 4.68 Å². The quantitative estimate of drug-likeness (QED) is 0.944. The number of rotatable bonds is 3. The third kappa shape index (κ3) is 3.04. The number of hydrogen-bond donors (Lipinski definition) is 1. The van der Waals surface area contributed by atoms with Crippen LogP contribution in [0.25, 0.3) is 5.69 Å². The summed E-state index contributed by atoms with van der Waals surface area (Å²) in [7, 11) is 0. The van der Waals surface area contributed by atoms with Crippen molar-refractivity contribution in [1.29, 1.82) is 0 Å². The minimum absolute atomic E-state index is 0.00692. The van der Waals surface area contributed by atoms with E-state index in [0.717, 1.165) is 25.1 Å². The highest BCUT2D eigenvalue weighted by Crippen LogP contribution is 2.21. The molecule has 2 atom stereocenters. The largest absolute Gasteiger partial charge is 0.393 e. The number of nitrogens with zero attached hydrogens (tertiary/aromatic N) is 3. The van der Waals surface area contributed by atoms with Crippen LogP contribution in [0.1, 0.15) is 30.1 Å². The molecule has 0 saturated carbocycles. The molecule has 1 aromatic heterocycles. The molecule has 1 aliphatic rings. The van der Waals surface area contributed by atoms with Crippen LogP contribution < -0.4 is 0 Å². The summed E-state index contributed by atoms with van der Waals surface area (Å²) in [5, 5.41) is 14.0. The molecule has 5 nitrogen and oxygen atoms in total. The molecule has 2 unspecified atom stereocenters. The molecule has 3 rings (SSSR count). The van der Waals surface area contributed by atoms with Crippen LogP contribution in [0.5, 0.6) is 0 Å². The number of benzene rings is 1. The lowest BCUT2D eigenvalue weighted by atomic mass is 9.93. The van der Waals surface area contributed by atoms with Crippen molar-refractivity contribution in [3.63, 3.8) is 0 Å². The molecule has 1 amide bonds. The van der Waals surface area contributed by atoms with E-state index in [9.17, 15) is 9.90 Å². The first-order valence-electron chi connectivity index (χ1n) is 7.72. The van der Waals surface area contributed by atoms with Crippen molar-refractivity contribution < 1.29 is 9.90 Å². The molecule has 22 heavy (non-hydrogen) atoms. The number of carbonyl (C=O) groups excluding carboxylic acids is 1. The second-order valence-corrected chi connectivity index (χ2v) is 5.90. The van der Waals surface area contributed by atoms with Gasteiger partial charge in [-0.15, -0.1) is 0 Å². The zero-order valence-electron chi connectivity index (χ0n) is 12.7. The summed E-state index contributed by atoms with van der Waals surface area (Å²) in [6.45, 7) is 3.16. The van der Waals surface area contributed by atoms with Crippen LogP contribution in [0.3, 0.4) is 0 Å². The first-order valence-corrected chi connectivity index (χ1v) is 7.72. The van der Waals surface area contributed by atoms with Gasteiger partial charge in [0, 0.05) is 25.2 Å². The molecule has 1 saturated heterocycles. The molecule has 0 spiro atoms. The van der Waals surface area contributed by atoms with Crippen molar-refractivity contribution in [1.82, 2.24) is 14.7 Å². The predicted molar refractivity (Wildman–Crippen MR) is 83.9 cm³/mol. The van der Waals surface area contributed by atoms with Gasteiger partial charge in [-0.3, -0.25) is 4.79 Å². The van der Waals surface area contributed by atoms with Gasteiger partial charge in [-0.2, -0.15) is 5.10 Å².